The van der Waals surface area contributed by atoms with Crippen LogP contribution in [0.25, 0.3) is 0 Å². The lowest BCUT2D eigenvalue weighted by Crippen LogP contribution is -2.60. The van der Waals surface area contributed by atoms with Crippen LogP contribution >= 0.6 is 23.0 Å². The Morgan fingerprint density at radius 3 is 2.49 bits per heavy atom. The molecule has 0 bridgehead atoms. The highest BCUT2D eigenvalue weighted by atomic mass is 127. The van der Waals surface area contributed by atoms with Crippen molar-refractivity contribution in [2.75, 3.05) is 11.5 Å². The molecule has 1 saturated heterocycles. The Bertz CT molecular complexity index is 1230. The van der Waals surface area contributed by atoms with Gasteiger partial charge in [-0.05, 0) is 29.4 Å². The second-order valence-corrected chi connectivity index (χ2v) is 9.49. The molecule has 1 fully saturated rings. The number of aliphatic hydroxyl groups is 4. The number of benzene rings is 1. The third-order valence-electron chi connectivity index (χ3n) is 6.53. The first-order valence-electron chi connectivity index (χ1n) is 11.7. The lowest BCUT2D eigenvalue weighted by atomic mass is 9.99. The number of hydrogen-bond donors (Lipinski definition) is 6. The largest absolute Gasteiger partial charge is 0.480 e. The van der Waals surface area contributed by atoms with Crippen molar-refractivity contribution in [3.05, 3.63) is 41.6 Å². The SMILES string of the molecule is O=C[C@@H]1CC(/C=C/N2c3cc(OI)c(O[C@@H]4O[C@H](CO)[C@@H](O)[C@H](O)[C@H]4O)cc3C[C@H]2C(=O)O)=CC(C(=O)O)=N1. The summed E-state index contributed by atoms with van der Waals surface area (Å²) in [5.41, 5.74) is 1.15. The van der Waals surface area contributed by atoms with Gasteiger partial charge in [0, 0.05) is 30.8 Å². The molecule has 1 aromatic rings. The summed E-state index contributed by atoms with van der Waals surface area (Å²) in [5, 5.41) is 58.9. The molecule has 0 aromatic heterocycles. The number of carboxylic acids is 2. The van der Waals surface area contributed by atoms with Gasteiger partial charge in [0.2, 0.25) is 6.29 Å². The molecule has 0 amide bonds. The maximum Gasteiger partial charge on any atom is 0.354 e. The molecule has 3 aliphatic rings. The third-order valence-corrected chi connectivity index (χ3v) is 7.00. The van der Waals surface area contributed by atoms with E-state index >= 15 is 0 Å². The summed E-state index contributed by atoms with van der Waals surface area (Å²) in [7, 11) is 0. The molecule has 3 heterocycles. The average Bonchev–Trinajstić information content (AvgIpc) is 3.28. The highest BCUT2D eigenvalue weighted by Gasteiger charge is 2.45. The predicted octanol–water partition coefficient (Wildman–Crippen LogP) is -0.653. The lowest BCUT2D eigenvalue weighted by Gasteiger charge is -2.39. The van der Waals surface area contributed by atoms with Crippen molar-refractivity contribution in [1.82, 2.24) is 0 Å². The fourth-order valence-corrected chi connectivity index (χ4v) is 4.87. The topological polar surface area (TPSA) is 216 Å². The van der Waals surface area contributed by atoms with Gasteiger partial charge in [-0.15, -0.1) is 0 Å². The van der Waals surface area contributed by atoms with Crippen molar-refractivity contribution in [1.29, 1.82) is 0 Å². The zero-order valence-electron chi connectivity index (χ0n) is 20.0. The Morgan fingerprint density at radius 1 is 1.13 bits per heavy atom. The molecule has 0 unspecified atom stereocenters. The average molecular weight is 660 g/mol. The number of anilines is 1. The summed E-state index contributed by atoms with van der Waals surface area (Å²) in [4.78, 5) is 40.0. The van der Waals surface area contributed by atoms with Crippen LogP contribution in [0, 0.1) is 0 Å². The highest BCUT2D eigenvalue weighted by Crippen LogP contribution is 2.43. The first kappa shape index (κ1) is 28.9. The number of rotatable bonds is 9. The van der Waals surface area contributed by atoms with E-state index in [0.717, 1.165) is 0 Å². The second kappa shape index (κ2) is 12.0. The normalized spacial score (nSPS) is 30.4. The smallest absolute Gasteiger partial charge is 0.354 e. The second-order valence-electron chi connectivity index (χ2n) is 9.05. The van der Waals surface area contributed by atoms with Crippen molar-refractivity contribution in [2.45, 2.75) is 55.6 Å². The van der Waals surface area contributed by atoms with Crippen molar-refractivity contribution in [2.24, 2.45) is 4.99 Å². The summed E-state index contributed by atoms with van der Waals surface area (Å²) < 4.78 is 16.5. The number of carbonyl (C=O) groups is 3. The molecule has 0 radical (unpaired) electrons. The van der Waals surface area contributed by atoms with E-state index in [1.165, 1.54) is 35.4 Å². The van der Waals surface area contributed by atoms with Crippen molar-refractivity contribution in [3.8, 4) is 11.5 Å². The predicted molar refractivity (Wildman–Crippen MR) is 140 cm³/mol. The van der Waals surface area contributed by atoms with Crippen LogP contribution in [-0.4, -0.2) is 104 Å². The number of aliphatic carboxylic acids is 2. The molecule has 0 aliphatic carbocycles. The maximum atomic E-state index is 12.1. The van der Waals surface area contributed by atoms with Gasteiger partial charge in [0.15, 0.2) is 34.5 Å². The van der Waals surface area contributed by atoms with Crippen LogP contribution in [0.4, 0.5) is 5.69 Å². The number of carboxylic acid groups (broad SMARTS) is 2. The first-order chi connectivity index (χ1) is 18.6. The van der Waals surface area contributed by atoms with Gasteiger partial charge in [-0.3, -0.25) is 4.99 Å². The van der Waals surface area contributed by atoms with E-state index in [1.54, 1.807) is 23.0 Å². The summed E-state index contributed by atoms with van der Waals surface area (Å²) in [6, 6.07) is 1.08. The minimum Gasteiger partial charge on any atom is -0.480 e. The van der Waals surface area contributed by atoms with Crippen LogP contribution < -0.4 is 12.7 Å². The molecular formula is C24H25IN2O12. The monoisotopic (exact) mass is 660 g/mol. The number of hydrogen-bond acceptors (Lipinski definition) is 12. The summed E-state index contributed by atoms with van der Waals surface area (Å²) in [5.74, 6) is -2.26. The molecule has 15 heteroatoms. The zero-order valence-corrected chi connectivity index (χ0v) is 22.2. The Kier molecular flexibility index (Phi) is 8.87. The number of ether oxygens (including phenoxy) is 2. The van der Waals surface area contributed by atoms with Gasteiger partial charge in [-0.1, -0.05) is 0 Å². The number of aliphatic imine (C=N–C) groups is 1. The molecule has 7 atom stereocenters. The Hall–Kier alpha value is -3.09. The highest BCUT2D eigenvalue weighted by molar-refractivity contribution is 14.1. The molecular weight excluding hydrogens is 635 g/mol. The number of allylic oxidation sites excluding steroid dienone is 1. The van der Waals surface area contributed by atoms with Gasteiger partial charge in [-0.2, -0.15) is 0 Å². The van der Waals surface area contributed by atoms with E-state index in [4.69, 9.17) is 12.5 Å². The van der Waals surface area contributed by atoms with Gasteiger partial charge >= 0.3 is 11.9 Å². The summed E-state index contributed by atoms with van der Waals surface area (Å²) >= 11 is 1.58. The lowest BCUT2D eigenvalue weighted by molar-refractivity contribution is -0.277. The fraction of sp³-hybridized carbons (Fsp3) is 0.417. The van der Waals surface area contributed by atoms with Gasteiger partial charge < -0.3 is 52.9 Å². The van der Waals surface area contributed by atoms with Crippen LogP contribution in [0.15, 0.2) is 41.1 Å². The van der Waals surface area contributed by atoms with Gasteiger partial charge in [0.1, 0.15) is 48.5 Å². The van der Waals surface area contributed by atoms with Crippen molar-refractivity contribution >= 4 is 52.6 Å². The molecule has 39 heavy (non-hydrogen) atoms. The Morgan fingerprint density at radius 2 is 1.87 bits per heavy atom. The van der Waals surface area contributed by atoms with E-state index < -0.39 is 61.3 Å². The van der Waals surface area contributed by atoms with E-state index in [2.05, 4.69) is 4.99 Å². The van der Waals surface area contributed by atoms with Crippen LogP contribution in [0.1, 0.15) is 12.0 Å². The Labute approximate surface area is 235 Å². The number of halogens is 1. The van der Waals surface area contributed by atoms with Gasteiger partial charge in [0.25, 0.3) is 0 Å². The van der Waals surface area contributed by atoms with Crippen LogP contribution in [0.3, 0.4) is 0 Å². The molecule has 0 spiro atoms. The Balaban J connectivity index is 1.64. The molecule has 6 N–H and O–H groups in total. The number of carbonyl (C=O) groups excluding carboxylic acids is 1. The minimum absolute atomic E-state index is 0.0411. The first-order valence-corrected chi connectivity index (χ1v) is 12.5. The molecule has 3 aliphatic heterocycles. The molecule has 210 valence electrons. The van der Waals surface area contributed by atoms with Gasteiger partial charge in [-0.25, -0.2) is 9.59 Å². The molecule has 14 nitrogen and oxygen atoms in total. The maximum absolute atomic E-state index is 12.1. The molecule has 1 aromatic carbocycles. The fourth-order valence-electron chi connectivity index (χ4n) is 4.53. The number of fused-ring (bicyclic) bond motifs is 1. The molecule has 0 saturated carbocycles. The van der Waals surface area contributed by atoms with E-state index in [9.17, 15) is 45.0 Å². The summed E-state index contributed by atoms with van der Waals surface area (Å²) in [6.07, 6.45) is -2.55. The standard InChI is InChI=1S/C24H25IN2O12/c25-39-17-7-14-11(6-16(17)37-24-21(32)20(31)19(30)18(9-29)38-24)5-15(23(35)36)27(14)2-1-10-3-12(8-28)26-13(4-10)22(33)34/h1-2,4,6-8,12,15,18-21,24,29-32H,3,5,9H2,(H,33,34)(H,35,36)/b2-1+/t12-,15-,18+,19+,20-,21+,24+/m0/s1. The van der Waals surface area contributed by atoms with E-state index in [1.807, 2.05) is 0 Å². The number of aldehydes is 1. The quantitative estimate of drug-likeness (QED) is 0.144. The van der Waals surface area contributed by atoms with E-state index in [-0.39, 0.29) is 30.1 Å². The van der Waals surface area contributed by atoms with Crippen LogP contribution in [0.2, 0.25) is 0 Å². The number of nitrogens with zero attached hydrogens (tertiary/aromatic N) is 2. The zero-order chi connectivity index (χ0) is 28.4. The van der Waals surface area contributed by atoms with Gasteiger partial charge in [0.05, 0.1) is 6.61 Å². The number of aliphatic hydroxyl groups excluding tert-OH is 4. The summed E-state index contributed by atoms with van der Waals surface area (Å²) in [6.45, 7) is -0.643. The van der Waals surface area contributed by atoms with Crippen LogP contribution in [-0.2, 0) is 25.5 Å². The van der Waals surface area contributed by atoms with E-state index in [0.29, 0.717) is 23.1 Å². The third kappa shape index (κ3) is 5.92. The van der Waals surface area contributed by atoms with Crippen molar-refractivity contribution in [3.63, 3.8) is 0 Å². The minimum atomic E-state index is -1.66. The van der Waals surface area contributed by atoms with Crippen LogP contribution in [0.5, 0.6) is 11.5 Å². The molecule has 4 rings (SSSR count). The number of dihydropyridines is 1. The van der Waals surface area contributed by atoms with Crippen molar-refractivity contribution < 1.29 is 57.6 Å².